The fourth-order valence-electron chi connectivity index (χ4n) is 1.52. The zero-order valence-electron chi connectivity index (χ0n) is 8.89. The third-order valence-corrected chi connectivity index (χ3v) is 2.28. The predicted octanol–water partition coefficient (Wildman–Crippen LogP) is 1.33. The first kappa shape index (κ1) is 10.9. The van der Waals surface area contributed by atoms with Crippen LogP contribution in [-0.2, 0) is 11.3 Å². The highest BCUT2D eigenvalue weighted by Crippen LogP contribution is 2.16. The number of nitrogens with two attached hydrogens (primary N) is 1. The van der Waals surface area contributed by atoms with Crippen LogP contribution in [0.3, 0.4) is 0 Å². The van der Waals surface area contributed by atoms with Gasteiger partial charge in [-0.05, 0) is 23.8 Å². The molecule has 0 aliphatic rings. The van der Waals surface area contributed by atoms with Crippen LogP contribution in [0.25, 0.3) is 10.9 Å². The van der Waals surface area contributed by atoms with E-state index in [0.29, 0.717) is 19.0 Å². The third kappa shape index (κ3) is 2.48. The quantitative estimate of drug-likeness (QED) is 0.759. The number of hydrogen-bond donors (Lipinski definition) is 2. The first-order valence-electron chi connectivity index (χ1n) is 5.13. The smallest absolute Gasteiger partial charge is 0.124 e. The molecule has 0 aliphatic carbocycles. The molecule has 84 valence electrons. The van der Waals surface area contributed by atoms with Crippen LogP contribution in [-0.4, -0.2) is 23.3 Å². The number of rotatable bonds is 4. The van der Waals surface area contributed by atoms with Gasteiger partial charge in [0.15, 0.2) is 0 Å². The fourth-order valence-corrected chi connectivity index (χ4v) is 1.52. The van der Waals surface area contributed by atoms with Crippen LogP contribution in [0.1, 0.15) is 5.56 Å². The number of nitrogens with zero attached hydrogens (tertiary/aromatic N) is 1. The molecule has 4 nitrogen and oxygen atoms in total. The van der Waals surface area contributed by atoms with Gasteiger partial charge in [0.25, 0.3) is 0 Å². The Morgan fingerprint density at radius 3 is 2.88 bits per heavy atom. The van der Waals surface area contributed by atoms with E-state index in [1.165, 1.54) is 0 Å². The maximum absolute atomic E-state index is 8.60. The molecule has 1 aromatic heterocycles. The monoisotopic (exact) mass is 218 g/mol. The number of aromatic nitrogens is 1. The minimum Gasteiger partial charge on any atom is -0.394 e. The molecule has 1 heterocycles. The molecule has 1 aromatic carbocycles. The van der Waals surface area contributed by atoms with Gasteiger partial charge in [-0.2, -0.15) is 0 Å². The Labute approximate surface area is 93.7 Å². The second-order valence-electron chi connectivity index (χ2n) is 3.54. The number of pyridine rings is 1. The van der Waals surface area contributed by atoms with E-state index in [2.05, 4.69) is 4.98 Å². The van der Waals surface area contributed by atoms with Crippen molar-refractivity contribution < 1.29 is 9.84 Å². The molecular weight excluding hydrogens is 204 g/mol. The number of aliphatic hydroxyl groups excluding tert-OH is 1. The Kier molecular flexibility index (Phi) is 3.34. The van der Waals surface area contributed by atoms with E-state index in [9.17, 15) is 0 Å². The molecule has 4 heteroatoms. The predicted molar refractivity (Wildman–Crippen MR) is 62.9 cm³/mol. The molecule has 0 fully saturated rings. The summed E-state index contributed by atoms with van der Waals surface area (Å²) in [4.78, 5) is 4.24. The van der Waals surface area contributed by atoms with Crippen molar-refractivity contribution in [2.45, 2.75) is 6.61 Å². The van der Waals surface area contributed by atoms with Gasteiger partial charge in [-0.15, -0.1) is 0 Å². The van der Waals surface area contributed by atoms with Crippen molar-refractivity contribution in [3.8, 4) is 0 Å². The molecule has 3 N–H and O–H groups in total. The highest BCUT2D eigenvalue weighted by molar-refractivity contribution is 5.80. The molecule has 0 radical (unpaired) electrons. The summed E-state index contributed by atoms with van der Waals surface area (Å²) in [7, 11) is 0. The van der Waals surface area contributed by atoms with E-state index >= 15 is 0 Å². The highest BCUT2D eigenvalue weighted by atomic mass is 16.5. The molecule has 0 amide bonds. The Morgan fingerprint density at radius 2 is 2.06 bits per heavy atom. The minimum atomic E-state index is 0.0405. The lowest BCUT2D eigenvalue weighted by atomic mass is 10.1. The molecule has 2 aromatic rings. The molecule has 0 unspecified atom stereocenters. The van der Waals surface area contributed by atoms with E-state index in [-0.39, 0.29) is 6.61 Å². The van der Waals surface area contributed by atoms with Crippen LogP contribution in [0.2, 0.25) is 0 Å². The lowest BCUT2D eigenvalue weighted by Gasteiger charge is -2.04. The molecule has 0 saturated heterocycles. The highest BCUT2D eigenvalue weighted by Gasteiger charge is 1.98. The fraction of sp³-hybridized carbons (Fsp3) is 0.250. The van der Waals surface area contributed by atoms with Crippen LogP contribution in [0.4, 0.5) is 5.82 Å². The molecule has 0 spiro atoms. The lowest BCUT2D eigenvalue weighted by molar-refractivity contribution is 0.0816. The van der Waals surface area contributed by atoms with Crippen molar-refractivity contribution in [2.75, 3.05) is 18.9 Å². The van der Waals surface area contributed by atoms with Crippen LogP contribution in [0.15, 0.2) is 30.3 Å². The molecule has 0 bridgehead atoms. The molecule has 2 rings (SSSR count). The molecule has 16 heavy (non-hydrogen) atoms. The second kappa shape index (κ2) is 4.92. The van der Waals surface area contributed by atoms with Crippen molar-refractivity contribution in [3.05, 3.63) is 35.9 Å². The van der Waals surface area contributed by atoms with Crippen molar-refractivity contribution in [2.24, 2.45) is 0 Å². The standard InChI is InChI=1S/C12H14N2O2/c13-12-4-3-10-2-1-9(7-11(10)14-12)8-16-6-5-15/h1-4,7,15H,5-6,8H2,(H2,13,14). The number of benzene rings is 1. The van der Waals surface area contributed by atoms with Crippen molar-refractivity contribution in [1.29, 1.82) is 0 Å². The van der Waals surface area contributed by atoms with Crippen molar-refractivity contribution in [1.82, 2.24) is 4.98 Å². The minimum absolute atomic E-state index is 0.0405. The van der Waals surface area contributed by atoms with E-state index in [1.807, 2.05) is 24.3 Å². The van der Waals surface area contributed by atoms with Gasteiger partial charge in [0, 0.05) is 5.39 Å². The maximum atomic E-state index is 8.60. The topological polar surface area (TPSA) is 68.4 Å². The third-order valence-electron chi connectivity index (χ3n) is 2.28. The zero-order valence-corrected chi connectivity index (χ0v) is 8.89. The Bertz CT molecular complexity index is 485. The molecule has 0 aliphatic heterocycles. The maximum Gasteiger partial charge on any atom is 0.124 e. The summed E-state index contributed by atoms with van der Waals surface area (Å²) in [6, 6.07) is 9.64. The van der Waals surface area contributed by atoms with E-state index < -0.39 is 0 Å². The Hall–Kier alpha value is -1.65. The number of ether oxygens (including phenoxy) is 1. The van der Waals surface area contributed by atoms with Crippen molar-refractivity contribution >= 4 is 16.7 Å². The lowest BCUT2D eigenvalue weighted by Crippen LogP contribution is -1.99. The van der Waals surface area contributed by atoms with Gasteiger partial charge in [-0.25, -0.2) is 4.98 Å². The van der Waals surface area contributed by atoms with Crippen LogP contribution < -0.4 is 5.73 Å². The Morgan fingerprint density at radius 1 is 1.25 bits per heavy atom. The normalized spacial score (nSPS) is 10.8. The van der Waals surface area contributed by atoms with Crippen molar-refractivity contribution in [3.63, 3.8) is 0 Å². The summed E-state index contributed by atoms with van der Waals surface area (Å²) in [5, 5.41) is 9.65. The number of nitrogen functional groups attached to an aromatic ring is 1. The number of hydrogen-bond acceptors (Lipinski definition) is 4. The average molecular weight is 218 g/mol. The molecular formula is C12H14N2O2. The van der Waals surface area contributed by atoms with Gasteiger partial charge < -0.3 is 15.6 Å². The summed E-state index contributed by atoms with van der Waals surface area (Å²) >= 11 is 0. The number of fused-ring (bicyclic) bond motifs is 1. The van der Waals surface area contributed by atoms with E-state index in [0.717, 1.165) is 16.5 Å². The van der Waals surface area contributed by atoms with Gasteiger partial charge in [0.05, 0.1) is 25.3 Å². The number of aliphatic hydroxyl groups is 1. The summed E-state index contributed by atoms with van der Waals surface area (Å²) in [5.41, 5.74) is 7.51. The van der Waals surface area contributed by atoms with Gasteiger partial charge in [-0.1, -0.05) is 12.1 Å². The first-order chi connectivity index (χ1) is 7.79. The average Bonchev–Trinajstić information content (AvgIpc) is 2.29. The van der Waals surface area contributed by atoms with Crippen LogP contribution >= 0.6 is 0 Å². The first-order valence-corrected chi connectivity index (χ1v) is 5.13. The molecule has 0 atom stereocenters. The van der Waals surface area contributed by atoms with E-state index in [4.69, 9.17) is 15.6 Å². The summed E-state index contributed by atoms with van der Waals surface area (Å²) in [6.45, 7) is 0.869. The second-order valence-corrected chi connectivity index (χ2v) is 3.54. The molecule has 0 saturated carbocycles. The summed E-state index contributed by atoms with van der Waals surface area (Å²) < 4.78 is 5.24. The van der Waals surface area contributed by atoms with Crippen LogP contribution in [0, 0.1) is 0 Å². The van der Waals surface area contributed by atoms with Gasteiger partial charge >= 0.3 is 0 Å². The largest absolute Gasteiger partial charge is 0.394 e. The van der Waals surface area contributed by atoms with E-state index in [1.54, 1.807) is 6.07 Å². The zero-order chi connectivity index (χ0) is 11.4. The number of anilines is 1. The van der Waals surface area contributed by atoms with Gasteiger partial charge in [0.1, 0.15) is 5.82 Å². The SMILES string of the molecule is Nc1ccc2ccc(COCCO)cc2n1. The van der Waals surface area contributed by atoms with Crippen LogP contribution in [0.5, 0.6) is 0 Å². The summed E-state index contributed by atoms with van der Waals surface area (Å²) in [6.07, 6.45) is 0. The Balaban J connectivity index is 2.21. The summed E-state index contributed by atoms with van der Waals surface area (Å²) in [5.74, 6) is 0.515. The van der Waals surface area contributed by atoms with Gasteiger partial charge in [0.2, 0.25) is 0 Å². The van der Waals surface area contributed by atoms with Gasteiger partial charge in [-0.3, -0.25) is 0 Å².